The first-order valence-electron chi connectivity index (χ1n) is 10.7. The highest BCUT2D eigenvalue weighted by Crippen LogP contribution is 2.33. The fourth-order valence-corrected chi connectivity index (χ4v) is 4.76. The van der Waals surface area contributed by atoms with Gasteiger partial charge in [-0.15, -0.1) is 0 Å². The van der Waals surface area contributed by atoms with Crippen molar-refractivity contribution < 1.29 is 17.9 Å². The number of halogens is 3. The summed E-state index contributed by atoms with van der Waals surface area (Å²) in [6.45, 7) is 2.57. The number of nitroso groups, excluding NO2 is 1. The number of aryl methyl sites for hydroxylation is 1. The molecule has 1 N–H and O–H groups in total. The molecule has 32 heavy (non-hydrogen) atoms. The second-order valence-corrected chi connectivity index (χ2v) is 8.34. The van der Waals surface area contributed by atoms with Gasteiger partial charge in [0.1, 0.15) is 0 Å². The lowest BCUT2D eigenvalue weighted by Crippen LogP contribution is -2.35. The van der Waals surface area contributed by atoms with E-state index in [-0.39, 0.29) is 6.67 Å². The largest absolute Gasteiger partial charge is 0.416 e. The van der Waals surface area contributed by atoms with Crippen LogP contribution in [0.1, 0.15) is 22.4 Å². The van der Waals surface area contributed by atoms with E-state index < -0.39 is 11.7 Å². The summed E-state index contributed by atoms with van der Waals surface area (Å²) in [5.74, 6) is 0. The Labute approximate surface area is 183 Å². The minimum absolute atomic E-state index is 0.117. The average Bonchev–Trinajstić information content (AvgIpc) is 2.93. The van der Waals surface area contributed by atoms with Crippen LogP contribution in [0.25, 0.3) is 16.6 Å². The van der Waals surface area contributed by atoms with Crippen molar-refractivity contribution in [2.24, 2.45) is 7.05 Å². The maximum absolute atomic E-state index is 12.8. The van der Waals surface area contributed by atoms with Gasteiger partial charge < -0.3 is 14.8 Å². The summed E-state index contributed by atoms with van der Waals surface area (Å²) in [4.78, 5) is 14.7. The molecule has 3 aromatic rings. The third-order valence-corrected chi connectivity index (χ3v) is 6.46. The lowest BCUT2D eigenvalue weighted by Gasteiger charge is -2.22. The Hall–Kier alpha value is -3.13. The molecule has 2 aromatic carbocycles. The molecule has 1 aromatic heterocycles. The van der Waals surface area contributed by atoms with Gasteiger partial charge >= 0.3 is 6.18 Å². The van der Waals surface area contributed by atoms with Gasteiger partial charge in [-0.1, -0.05) is 6.07 Å². The molecular formula is C24H24F3N4O+. The summed E-state index contributed by atoms with van der Waals surface area (Å²) in [6.07, 6.45) is -0.622. The Morgan fingerprint density at radius 3 is 2.50 bits per heavy atom. The molecule has 0 spiro atoms. The van der Waals surface area contributed by atoms with Gasteiger partial charge in [-0.25, -0.2) is 0 Å². The first kappa shape index (κ1) is 20.8. The first-order chi connectivity index (χ1) is 15.3. The number of alkyl halides is 3. The molecule has 0 radical (unpaired) electrons. The lowest BCUT2D eigenvalue weighted by atomic mass is 10.1. The van der Waals surface area contributed by atoms with Crippen LogP contribution < -0.4 is 10.2 Å². The van der Waals surface area contributed by atoms with Crippen LogP contribution in [-0.4, -0.2) is 35.6 Å². The van der Waals surface area contributed by atoms with E-state index in [1.165, 1.54) is 28.8 Å². The minimum Gasteiger partial charge on any atom is -0.347 e. The van der Waals surface area contributed by atoms with Crippen molar-refractivity contribution in [3.8, 4) is 0 Å². The third kappa shape index (κ3) is 3.58. The van der Waals surface area contributed by atoms with Crippen LogP contribution in [0.15, 0.2) is 48.5 Å². The number of hydrogen-bond donors (Lipinski definition) is 1. The standard InChI is InChI=1S/C24H24F3N4O/c1-29-22-9-12-28-11-8-20(22)19-7-6-18(14-23(19)29)30-13-10-21(31(32)15-30)16-2-4-17(5-3-16)24(25,26)27/h2-7,10,14,28H,8-9,11-13,15H2,1H3/q+1. The summed E-state index contributed by atoms with van der Waals surface area (Å²) in [5, 5.41) is 4.70. The second kappa shape index (κ2) is 7.78. The zero-order valence-corrected chi connectivity index (χ0v) is 17.7. The smallest absolute Gasteiger partial charge is 0.347 e. The average molecular weight is 441 g/mol. The number of aromatic nitrogens is 1. The molecule has 0 fully saturated rings. The van der Waals surface area contributed by atoms with Gasteiger partial charge in [0, 0.05) is 54.3 Å². The zero-order chi connectivity index (χ0) is 22.5. The fourth-order valence-electron chi connectivity index (χ4n) is 4.76. The van der Waals surface area contributed by atoms with E-state index in [0.29, 0.717) is 17.8 Å². The van der Waals surface area contributed by atoms with Crippen molar-refractivity contribution >= 4 is 22.3 Å². The van der Waals surface area contributed by atoms with Crippen molar-refractivity contribution in [3.05, 3.63) is 75.8 Å². The van der Waals surface area contributed by atoms with E-state index in [2.05, 4.69) is 29.1 Å². The molecule has 3 heterocycles. The first-order valence-corrected chi connectivity index (χ1v) is 10.7. The number of anilines is 1. The summed E-state index contributed by atoms with van der Waals surface area (Å²) in [5.41, 5.74) is 5.03. The molecule has 0 bridgehead atoms. The van der Waals surface area contributed by atoms with Crippen LogP contribution in [0, 0.1) is 4.91 Å². The van der Waals surface area contributed by atoms with Crippen molar-refractivity contribution in [1.82, 2.24) is 9.88 Å². The van der Waals surface area contributed by atoms with Gasteiger partial charge in [-0.2, -0.15) is 13.2 Å². The van der Waals surface area contributed by atoms with E-state index in [1.54, 1.807) is 6.08 Å². The summed E-state index contributed by atoms with van der Waals surface area (Å²) >= 11 is 0. The molecule has 0 aliphatic carbocycles. The fraction of sp³-hybridized carbons (Fsp3) is 0.333. The maximum Gasteiger partial charge on any atom is 0.416 e. The monoisotopic (exact) mass is 441 g/mol. The van der Waals surface area contributed by atoms with Gasteiger partial charge in [-0.3, -0.25) is 0 Å². The van der Waals surface area contributed by atoms with Crippen LogP contribution in [0.5, 0.6) is 0 Å². The Morgan fingerprint density at radius 2 is 1.78 bits per heavy atom. The summed E-state index contributed by atoms with van der Waals surface area (Å²) in [6, 6.07) is 11.0. The molecule has 0 atom stereocenters. The predicted molar refractivity (Wildman–Crippen MR) is 118 cm³/mol. The van der Waals surface area contributed by atoms with Crippen LogP contribution in [0.2, 0.25) is 0 Å². The summed E-state index contributed by atoms with van der Waals surface area (Å²) < 4.78 is 41.5. The SMILES string of the molecule is Cn1c2c(c3ccc(N4CC=C(c5ccc(C(F)(F)F)cc5)[N+](=O)C4)cc31)CCNCC2. The molecule has 0 saturated carbocycles. The van der Waals surface area contributed by atoms with Crippen LogP contribution in [0.4, 0.5) is 18.9 Å². The molecule has 2 aliphatic heterocycles. The highest BCUT2D eigenvalue weighted by atomic mass is 19.4. The van der Waals surface area contributed by atoms with Gasteiger partial charge in [0.05, 0.1) is 21.4 Å². The predicted octanol–water partition coefficient (Wildman–Crippen LogP) is 4.48. The molecule has 5 rings (SSSR count). The van der Waals surface area contributed by atoms with Gasteiger partial charge in [0.15, 0.2) is 0 Å². The normalized spacial score (nSPS) is 17.3. The molecule has 166 valence electrons. The van der Waals surface area contributed by atoms with Gasteiger partial charge in [0.25, 0.3) is 12.4 Å². The van der Waals surface area contributed by atoms with Crippen molar-refractivity contribution in [1.29, 1.82) is 0 Å². The van der Waals surface area contributed by atoms with E-state index in [0.717, 1.165) is 54.0 Å². The van der Waals surface area contributed by atoms with Gasteiger partial charge in [-0.05, 0) is 54.9 Å². The maximum atomic E-state index is 12.8. The minimum atomic E-state index is -4.39. The van der Waals surface area contributed by atoms with E-state index >= 15 is 0 Å². The van der Waals surface area contributed by atoms with Crippen molar-refractivity contribution in [3.63, 3.8) is 0 Å². The Balaban J connectivity index is 1.42. The highest BCUT2D eigenvalue weighted by Gasteiger charge is 2.32. The molecule has 0 saturated heterocycles. The van der Waals surface area contributed by atoms with Crippen molar-refractivity contribution in [2.75, 3.05) is 31.2 Å². The molecule has 5 nitrogen and oxygen atoms in total. The van der Waals surface area contributed by atoms with Crippen LogP contribution >= 0.6 is 0 Å². The van der Waals surface area contributed by atoms with E-state index in [9.17, 15) is 18.1 Å². The number of benzene rings is 2. The molecule has 0 unspecified atom stereocenters. The third-order valence-electron chi connectivity index (χ3n) is 6.46. The Kier molecular flexibility index (Phi) is 5.04. The molecule has 0 amide bonds. The van der Waals surface area contributed by atoms with E-state index in [1.807, 2.05) is 11.0 Å². The quantitative estimate of drug-likeness (QED) is 0.596. The van der Waals surface area contributed by atoms with Crippen LogP contribution in [-0.2, 0) is 26.1 Å². The Bertz CT molecular complexity index is 1220. The number of nitrogens with one attached hydrogen (secondary N) is 1. The number of fused-ring (bicyclic) bond motifs is 3. The second-order valence-electron chi connectivity index (χ2n) is 8.34. The van der Waals surface area contributed by atoms with Crippen molar-refractivity contribution in [2.45, 2.75) is 19.0 Å². The number of hydrogen-bond acceptors (Lipinski definition) is 3. The zero-order valence-electron chi connectivity index (χ0n) is 17.7. The highest BCUT2D eigenvalue weighted by molar-refractivity contribution is 5.88. The lowest BCUT2D eigenvalue weighted by molar-refractivity contribution is -0.456. The molecule has 8 heteroatoms. The number of nitrogens with zero attached hydrogens (tertiary/aromatic N) is 3. The summed E-state index contributed by atoms with van der Waals surface area (Å²) in [7, 11) is 2.09. The van der Waals surface area contributed by atoms with E-state index in [4.69, 9.17) is 0 Å². The Morgan fingerprint density at radius 1 is 1.03 bits per heavy atom. The topological polar surface area (TPSA) is 40.3 Å². The molecular weight excluding hydrogens is 417 g/mol. The van der Waals surface area contributed by atoms with Gasteiger partial charge in [0.2, 0.25) is 0 Å². The van der Waals surface area contributed by atoms with Crippen LogP contribution in [0.3, 0.4) is 0 Å². The molecule has 2 aliphatic rings. The number of rotatable bonds is 2.